The van der Waals surface area contributed by atoms with Crippen LogP contribution in [0.15, 0.2) is 71.2 Å². The molecular weight excluding hydrogens is 320 g/mol. The first-order chi connectivity index (χ1) is 11.7. The molecule has 1 atom stereocenters. The van der Waals surface area contributed by atoms with Gasteiger partial charge in [0.05, 0.1) is 23.1 Å². The fraction of sp³-hybridized carbons (Fsp3) is 0.158. The number of thioether (sulfide) groups is 1. The topological polar surface area (TPSA) is 64.7 Å². The van der Waals surface area contributed by atoms with Crippen molar-refractivity contribution in [3.8, 4) is 0 Å². The highest BCUT2D eigenvalue weighted by atomic mass is 32.2. The lowest BCUT2D eigenvalue weighted by atomic mass is 9.99. The van der Waals surface area contributed by atoms with Crippen LogP contribution >= 0.6 is 11.8 Å². The van der Waals surface area contributed by atoms with Crippen LogP contribution in [0.2, 0.25) is 0 Å². The quantitative estimate of drug-likeness (QED) is 0.862. The number of esters is 1. The largest absolute Gasteiger partial charge is 0.463 e. The average Bonchev–Trinajstić information content (AvgIpc) is 2.62. The molecule has 0 spiro atoms. The zero-order chi connectivity index (χ0) is 16.9. The molecule has 3 rings (SSSR count). The van der Waals surface area contributed by atoms with Gasteiger partial charge in [0, 0.05) is 5.56 Å². The van der Waals surface area contributed by atoms with E-state index in [9.17, 15) is 4.79 Å². The van der Waals surface area contributed by atoms with Gasteiger partial charge in [0.15, 0.2) is 5.17 Å². The summed E-state index contributed by atoms with van der Waals surface area (Å²) in [6.45, 7) is 2.11. The van der Waals surface area contributed by atoms with E-state index in [1.165, 1.54) is 11.8 Å². The van der Waals surface area contributed by atoms with Gasteiger partial charge in [0.2, 0.25) is 0 Å². The number of hydrogen-bond acceptors (Lipinski definition) is 5. The molecule has 4 nitrogen and oxygen atoms in total. The molecular formula is C19H18N2O2S. The van der Waals surface area contributed by atoms with Crippen molar-refractivity contribution in [1.82, 2.24) is 0 Å². The summed E-state index contributed by atoms with van der Waals surface area (Å²) < 4.78 is 5.30. The predicted octanol–water partition coefficient (Wildman–Crippen LogP) is 3.76. The number of carbonyl (C=O) groups excluding carboxylic acids is 1. The van der Waals surface area contributed by atoms with E-state index in [0.717, 1.165) is 11.1 Å². The Bertz CT molecular complexity index is 786. The number of carbonyl (C=O) groups is 1. The summed E-state index contributed by atoms with van der Waals surface area (Å²) in [6, 6.07) is 19.4. The summed E-state index contributed by atoms with van der Waals surface area (Å²) in [5, 5.41) is 0.203. The van der Waals surface area contributed by atoms with Crippen LogP contribution in [-0.2, 0) is 9.53 Å². The minimum Gasteiger partial charge on any atom is -0.463 e. The smallest absolute Gasteiger partial charge is 0.337 e. The van der Waals surface area contributed by atoms with Gasteiger partial charge in [0.1, 0.15) is 0 Å². The van der Waals surface area contributed by atoms with Crippen molar-refractivity contribution >= 4 is 28.6 Å². The lowest BCUT2D eigenvalue weighted by Crippen LogP contribution is -2.22. The van der Waals surface area contributed by atoms with E-state index in [1.54, 1.807) is 6.92 Å². The molecule has 0 amide bonds. The van der Waals surface area contributed by atoms with Crippen LogP contribution in [0.4, 0.5) is 0 Å². The lowest BCUT2D eigenvalue weighted by molar-refractivity contribution is -0.138. The lowest BCUT2D eigenvalue weighted by Gasteiger charge is -2.25. The molecule has 0 saturated heterocycles. The van der Waals surface area contributed by atoms with Crippen molar-refractivity contribution in [2.45, 2.75) is 12.2 Å². The molecule has 0 aromatic heterocycles. The van der Waals surface area contributed by atoms with E-state index in [0.29, 0.717) is 23.0 Å². The van der Waals surface area contributed by atoms with Crippen LogP contribution in [0.3, 0.4) is 0 Å². The van der Waals surface area contributed by atoms with Gasteiger partial charge in [-0.15, -0.1) is 0 Å². The van der Waals surface area contributed by atoms with Crippen LogP contribution in [0, 0.1) is 0 Å². The van der Waals surface area contributed by atoms with Crippen molar-refractivity contribution in [3.63, 3.8) is 0 Å². The molecule has 2 aromatic rings. The first-order valence-corrected chi connectivity index (χ1v) is 8.61. The standard InChI is InChI=1S/C19H18N2O2S/c1-2-23-18(22)15-16(13-9-5-3-6-10-13)21-19(20)24-17(15)14-11-7-4-8-12-14/h3-12,17H,2H2,1H3,(H2,20,21)/t17-/m0/s1. The Labute approximate surface area is 145 Å². The summed E-state index contributed by atoms with van der Waals surface area (Å²) in [5.41, 5.74) is 9.02. The first-order valence-electron chi connectivity index (χ1n) is 7.73. The second-order valence-electron chi connectivity index (χ2n) is 5.21. The highest BCUT2D eigenvalue weighted by Gasteiger charge is 2.33. The van der Waals surface area contributed by atoms with Crippen molar-refractivity contribution < 1.29 is 9.53 Å². The number of amidine groups is 1. The molecule has 0 saturated carbocycles. The van der Waals surface area contributed by atoms with E-state index in [4.69, 9.17) is 10.5 Å². The normalized spacial score (nSPS) is 17.4. The molecule has 0 radical (unpaired) electrons. The van der Waals surface area contributed by atoms with Crippen LogP contribution in [0.5, 0.6) is 0 Å². The highest BCUT2D eigenvalue weighted by Crippen LogP contribution is 2.44. The SMILES string of the molecule is CCOC(=O)C1=C(c2ccccc2)N=C(N)S[C@H]1c1ccccc1. The summed E-state index contributed by atoms with van der Waals surface area (Å²) in [6.07, 6.45) is 0. The van der Waals surface area contributed by atoms with Gasteiger partial charge in [-0.1, -0.05) is 72.4 Å². The monoisotopic (exact) mass is 338 g/mol. The zero-order valence-electron chi connectivity index (χ0n) is 13.3. The Hall–Kier alpha value is -2.53. The van der Waals surface area contributed by atoms with E-state index in [1.807, 2.05) is 60.7 Å². The van der Waals surface area contributed by atoms with Gasteiger partial charge >= 0.3 is 5.97 Å². The highest BCUT2D eigenvalue weighted by molar-refractivity contribution is 8.14. The number of nitrogens with two attached hydrogens (primary N) is 1. The molecule has 2 aromatic carbocycles. The Morgan fingerprint density at radius 3 is 2.38 bits per heavy atom. The van der Waals surface area contributed by atoms with Gasteiger partial charge in [-0.3, -0.25) is 0 Å². The zero-order valence-corrected chi connectivity index (χ0v) is 14.1. The fourth-order valence-electron chi connectivity index (χ4n) is 2.59. The van der Waals surface area contributed by atoms with E-state index in [2.05, 4.69) is 4.99 Å². The first kappa shape index (κ1) is 16.3. The number of aliphatic imine (C=N–C) groups is 1. The summed E-state index contributed by atoms with van der Waals surface area (Å²) >= 11 is 1.37. The molecule has 2 N–H and O–H groups in total. The fourth-order valence-corrected chi connectivity index (χ4v) is 3.60. The Morgan fingerprint density at radius 2 is 1.75 bits per heavy atom. The van der Waals surface area contributed by atoms with Gasteiger partial charge in [0.25, 0.3) is 0 Å². The van der Waals surface area contributed by atoms with E-state index in [-0.39, 0.29) is 11.2 Å². The number of rotatable bonds is 4. The molecule has 122 valence electrons. The maximum atomic E-state index is 12.7. The summed E-state index contributed by atoms with van der Waals surface area (Å²) in [5.74, 6) is -0.353. The average molecular weight is 338 g/mol. The van der Waals surface area contributed by atoms with Crippen molar-refractivity contribution in [1.29, 1.82) is 0 Å². The van der Waals surface area contributed by atoms with Crippen LogP contribution in [0.25, 0.3) is 5.70 Å². The summed E-state index contributed by atoms with van der Waals surface area (Å²) in [7, 11) is 0. The Morgan fingerprint density at radius 1 is 1.12 bits per heavy atom. The van der Waals surface area contributed by atoms with Crippen LogP contribution in [0.1, 0.15) is 23.3 Å². The third-order valence-electron chi connectivity index (χ3n) is 3.62. The maximum Gasteiger partial charge on any atom is 0.337 e. The molecule has 0 aliphatic carbocycles. The second-order valence-corrected chi connectivity index (χ2v) is 6.33. The molecule has 5 heteroatoms. The van der Waals surface area contributed by atoms with Crippen LogP contribution < -0.4 is 5.73 Å². The second kappa shape index (κ2) is 7.36. The molecule has 1 aliphatic heterocycles. The molecule has 0 fully saturated rings. The molecule has 24 heavy (non-hydrogen) atoms. The van der Waals surface area contributed by atoms with Gasteiger partial charge < -0.3 is 10.5 Å². The van der Waals surface area contributed by atoms with E-state index >= 15 is 0 Å². The third-order valence-corrected chi connectivity index (χ3v) is 4.70. The molecule has 1 heterocycles. The number of benzene rings is 2. The number of ether oxygens (including phenoxy) is 1. The van der Waals surface area contributed by atoms with Crippen molar-refractivity contribution in [2.75, 3.05) is 6.61 Å². The number of nitrogens with zero attached hydrogens (tertiary/aromatic N) is 1. The minimum atomic E-state index is -0.353. The number of hydrogen-bond donors (Lipinski definition) is 1. The molecule has 1 aliphatic rings. The molecule has 0 bridgehead atoms. The van der Waals surface area contributed by atoms with Crippen LogP contribution in [-0.4, -0.2) is 17.7 Å². The minimum absolute atomic E-state index is 0.238. The summed E-state index contributed by atoms with van der Waals surface area (Å²) in [4.78, 5) is 17.1. The Kier molecular flexibility index (Phi) is 5.01. The van der Waals surface area contributed by atoms with Gasteiger partial charge in [-0.25, -0.2) is 9.79 Å². The molecule has 0 unspecified atom stereocenters. The van der Waals surface area contributed by atoms with Gasteiger partial charge in [-0.2, -0.15) is 0 Å². The van der Waals surface area contributed by atoms with Crippen molar-refractivity contribution in [2.24, 2.45) is 10.7 Å². The van der Waals surface area contributed by atoms with Crippen molar-refractivity contribution in [3.05, 3.63) is 77.4 Å². The predicted molar refractivity (Wildman–Crippen MR) is 98.4 cm³/mol. The maximum absolute atomic E-state index is 12.7. The Balaban J connectivity index is 2.18. The third kappa shape index (κ3) is 3.36. The van der Waals surface area contributed by atoms with E-state index < -0.39 is 0 Å². The van der Waals surface area contributed by atoms with Gasteiger partial charge in [-0.05, 0) is 12.5 Å².